The molecule has 1 aromatic carbocycles. The average Bonchev–Trinajstić information content (AvgIpc) is 2.71. The maximum absolute atomic E-state index is 13.6. The van der Waals surface area contributed by atoms with Crippen LogP contribution in [0.4, 0.5) is 8.78 Å². The van der Waals surface area contributed by atoms with E-state index in [2.05, 4.69) is 12.2 Å². The molecule has 1 aromatic rings. The first-order valence-corrected chi connectivity index (χ1v) is 5.89. The normalized spacial score (nSPS) is 24.9. The Labute approximate surface area is 94.9 Å². The predicted molar refractivity (Wildman–Crippen MR) is 60.4 cm³/mol. The largest absolute Gasteiger partial charge is 0.314 e. The second-order valence-electron chi connectivity index (χ2n) is 4.41. The van der Waals surface area contributed by atoms with Gasteiger partial charge in [0.1, 0.15) is 0 Å². The van der Waals surface area contributed by atoms with Crippen molar-refractivity contribution in [2.75, 3.05) is 6.54 Å². The standard InChI is InChI=1S/C13H17F2N/c1-2-16-10-7-6-9(8-10)11-4-3-5-12(14)13(11)15/h3-5,9-10,16H,2,6-8H2,1H3. The van der Waals surface area contributed by atoms with Crippen molar-refractivity contribution in [1.29, 1.82) is 0 Å². The molecule has 1 saturated carbocycles. The molecule has 1 N–H and O–H groups in total. The van der Waals surface area contributed by atoms with E-state index in [0.717, 1.165) is 25.8 Å². The first kappa shape index (κ1) is 11.5. The summed E-state index contributed by atoms with van der Waals surface area (Å²) in [5.41, 5.74) is 0.542. The summed E-state index contributed by atoms with van der Waals surface area (Å²) in [4.78, 5) is 0. The van der Waals surface area contributed by atoms with Gasteiger partial charge in [-0.05, 0) is 43.4 Å². The van der Waals surface area contributed by atoms with Crippen LogP contribution in [0.5, 0.6) is 0 Å². The minimum atomic E-state index is -0.732. The van der Waals surface area contributed by atoms with Crippen LogP contribution < -0.4 is 5.32 Å². The van der Waals surface area contributed by atoms with Gasteiger partial charge in [0, 0.05) is 6.04 Å². The first-order chi connectivity index (χ1) is 7.72. The van der Waals surface area contributed by atoms with Crippen molar-refractivity contribution in [3.8, 4) is 0 Å². The molecule has 0 bridgehead atoms. The van der Waals surface area contributed by atoms with Gasteiger partial charge in [-0.15, -0.1) is 0 Å². The molecule has 0 aromatic heterocycles. The summed E-state index contributed by atoms with van der Waals surface area (Å²) in [6.45, 7) is 3.00. The fraction of sp³-hybridized carbons (Fsp3) is 0.538. The Morgan fingerprint density at radius 2 is 2.12 bits per heavy atom. The molecule has 1 aliphatic carbocycles. The van der Waals surface area contributed by atoms with Gasteiger partial charge in [0.05, 0.1) is 0 Å². The Hall–Kier alpha value is -0.960. The molecule has 88 valence electrons. The number of nitrogens with one attached hydrogen (secondary N) is 1. The van der Waals surface area contributed by atoms with Crippen LogP contribution in [-0.4, -0.2) is 12.6 Å². The van der Waals surface area contributed by atoms with E-state index < -0.39 is 11.6 Å². The van der Waals surface area contributed by atoms with E-state index in [1.807, 2.05) is 0 Å². The van der Waals surface area contributed by atoms with E-state index in [4.69, 9.17) is 0 Å². The number of hydrogen-bond donors (Lipinski definition) is 1. The molecule has 2 rings (SSSR count). The fourth-order valence-electron chi connectivity index (χ4n) is 2.57. The van der Waals surface area contributed by atoms with Crippen LogP contribution in [0.15, 0.2) is 18.2 Å². The summed E-state index contributed by atoms with van der Waals surface area (Å²) in [5, 5.41) is 3.36. The summed E-state index contributed by atoms with van der Waals surface area (Å²) in [6.07, 6.45) is 2.90. The van der Waals surface area contributed by atoms with Gasteiger partial charge < -0.3 is 5.32 Å². The molecule has 1 aliphatic rings. The van der Waals surface area contributed by atoms with Crippen LogP contribution >= 0.6 is 0 Å². The monoisotopic (exact) mass is 225 g/mol. The molecule has 0 heterocycles. The van der Waals surface area contributed by atoms with E-state index in [1.165, 1.54) is 6.07 Å². The molecule has 2 unspecified atom stereocenters. The smallest absolute Gasteiger partial charge is 0.162 e. The number of benzene rings is 1. The molecule has 0 spiro atoms. The zero-order valence-corrected chi connectivity index (χ0v) is 9.47. The lowest BCUT2D eigenvalue weighted by atomic mass is 9.97. The van der Waals surface area contributed by atoms with Crippen LogP contribution in [0.1, 0.15) is 37.7 Å². The molecule has 0 saturated heterocycles. The highest BCUT2D eigenvalue weighted by molar-refractivity contribution is 5.24. The number of rotatable bonds is 3. The van der Waals surface area contributed by atoms with Gasteiger partial charge in [-0.1, -0.05) is 19.1 Å². The molecule has 1 nitrogen and oxygen atoms in total. The third-order valence-electron chi connectivity index (χ3n) is 3.35. The van der Waals surface area contributed by atoms with Gasteiger partial charge in [0.25, 0.3) is 0 Å². The Morgan fingerprint density at radius 1 is 1.31 bits per heavy atom. The van der Waals surface area contributed by atoms with Crippen molar-refractivity contribution in [2.24, 2.45) is 0 Å². The topological polar surface area (TPSA) is 12.0 Å². The lowest BCUT2D eigenvalue weighted by Gasteiger charge is -2.13. The second-order valence-corrected chi connectivity index (χ2v) is 4.41. The van der Waals surface area contributed by atoms with E-state index in [0.29, 0.717) is 11.6 Å². The first-order valence-electron chi connectivity index (χ1n) is 5.89. The van der Waals surface area contributed by atoms with Gasteiger partial charge >= 0.3 is 0 Å². The Balaban J connectivity index is 2.11. The quantitative estimate of drug-likeness (QED) is 0.833. The van der Waals surface area contributed by atoms with Crippen molar-refractivity contribution in [2.45, 2.75) is 38.1 Å². The summed E-state index contributed by atoms with van der Waals surface area (Å²) in [7, 11) is 0. The fourth-order valence-corrected chi connectivity index (χ4v) is 2.57. The lowest BCUT2D eigenvalue weighted by Crippen LogP contribution is -2.25. The number of halogens is 2. The molecule has 0 aliphatic heterocycles. The Kier molecular flexibility index (Phi) is 3.54. The minimum absolute atomic E-state index is 0.166. The van der Waals surface area contributed by atoms with Crippen LogP contribution in [0.3, 0.4) is 0 Å². The third kappa shape index (κ3) is 2.24. The zero-order chi connectivity index (χ0) is 11.5. The second kappa shape index (κ2) is 4.91. The van der Waals surface area contributed by atoms with E-state index in [9.17, 15) is 8.78 Å². The molecule has 2 atom stereocenters. The third-order valence-corrected chi connectivity index (χ3v) is 3.35. The molecule has 3 heteroatoms. The average molecular weight is 225 g/mol. The van der Waals surface area contributed by atoms with Crippen molar-refractivity contribution < 1.29 is 8.78 Å². The Bertz CT molecular complexity index is 365. The molecule has 0 radical (unpaired) electrons. The van der Waals surface area contributed by atoms with Crippen LogP contribution in [0.25, 0.3) is 0 Å². The van der Waals surface area contributed by atoms with Gasteiger partial charge in [-0.3, -0.25) is 0 Å². The van der Waals surface area contributed by atoms with Crippen LogP contribution in [0.2, 0.25) is 0 Å². The molecular weight excluding hydrogens is 208 g/mol. The molecule has 0 amide bonds. The van der Waals surface area contributed by atoms with Crippen molar-refractivity contribution in [3.05, 3.63) is 35.4 Å². The summed E-state index contributed by atoms with van der Waals surface area (Å²) in [6, 6.07) is 4.93. The van der Waals surface area contributed by atoms with E-state index >= 15 is 0 Å². The van der Waals surface area contributed by atoms with Gasteiger partial charge in [-0.2, -0.15) is 0 Å². The summed E-state index contributed by atoms with van der Waals surface area (Å²) in [5.74, 6) is -1.23. The molecule has 1 fully saturated rings. The Morgan fingerprint density at radius 3 is 2.88 bits per heavy atom. The zero-order valence-electron chi connectivity index (χ0n) is 9.47. The SMILES string of the molecule is CCNC1CCC(c2cccc(F)c2F)C1. The van der Waals surface area contributed by atoms with Crippen molar-refractivity contribution >= 4 is 0 Å². The van der Waals surface area contributed by atoms with Crippen LogP contribution in [-0.2, 0) is 0 Å². The highest BCUT2D eigenvalue weighted by Gasteiger charge is 2.27. The highest BCUT2D eigenvalue weighted by Crippen LogP contribution is 2.36. The van der Waals surface area contributed by atoms with Gasteiger partial charge in [-0.25, -0.2) is 8.78 Å². The van der Waals surface area contributed by atoms with E-state index in [-0.39, 0.29) is 5.92 Å². The lowest BCUT2D eigenvalue weighted by molar-refractivity contribution is 0.483. The van der Waals surface area contributed by atoms with Crippen molar-refractivity contribution in [3.63, 3.8) is 0 Å². The predicted octanol–water partition coefficient (Wildman–Crippen LogP) is 3.21. The number of hydrogen-bond acceptors (Lipinski definition) is 1. The highest BCUT2D eigenvalue weighted by atomic mass is 19.2. The summed E-state index contributed by atoms with van der Waals surface area (Å²) >= 11 is 0. The van der Waals surface area contributed by atoms with Crippen LogP contribution in [0, 0.1) is 11.6 Å². The van der Waals surface area contributed by atoms with Gasteiger partial charge in [0.15, 0.2) is 11.6 Å². The summed E-state index contributed by atoms with van der Waals surface area (Å²) < 4.78 is 26.7. The minimum Gasteiger partial charge on any atom is -0.314 e. The van der Waals surface area contributed by atoms with E-state index in [1.54, 1.807) is 12.1 Å². The maximum atomic E-state index is 13.6. The van der Waals surface area contributed by atoms with Crippen molar-refractivity contribution in [1.82, 2.24) is 5.32 Å². The molecular formula is C13H17F2N. The maximum Gasteiger partial charge on any atom is 0.162 e. The molecule has 16 heavy (non-hydrogen) atoms. The van der Waals surface area contributed by atoms with Gasteiger partial charge in [0.2, 0.25) is 0 Å².